The maximum absolute atomic E-state index is 10.4. The second-order valence-corrected chi connectivity index (χ2v) is 4.32. The van der Waals surface area contributed by atoms with Crippen LogP contribution in [0.1, 0.15) is 37.7 Å². The van der Waals surface area contributed by atoms with E-state index in [1.165, 1.54) is 0 Å². The highest BCUT2D eigenvalue weighted by molar-refractivity contribution is 5.66. The van der Waals surface area contributed by atoms with E-state index in [9.17, 15) is 4.79 Å². The largest absolute Gasteiger partial charge is 0.481 e. The molecule has 0 amide bonds. The second-order valence-electron chi connectivity index (χ2n) is 4.32. The number of H-pyrrole nitrogens is 1. The monoisotopic (exact) mass is 224 g/mol. The molecule has 0 spiro atoms. The Bertz CT molecular complexity index is 380. The molecule has 1 fully saturated rings. The van der Waals surface area contributed by atoms with Crippen molar-refractivity contribution in [1.82, 2.24) is 9.97 Å². The predicted octanol–water partition coefficient (Wildman–Crippen LogP) is 1.45. The number of ether oxygens (including phenoxy) is 1. The Morgan fingerprint density at radius 2 is 2.56 bits per heavy atom. The van der Waals surface area contributed by atoms with Crippen molar-refractivity contribution in [2.24, 2.45) is 0 Å². The first-order valence-electron chi connectivity index (χ1n) is 5.50. The van der Waals surface area contributed by atoms with Crippen LogP contribution in [0.2, 0.25) is 0 Å². The Labute approximate surface area is 93.8 Å². The van der Waals surface area contributed by atoms with Gasteiger partial charge in [-0.1, -0.05) is 0 Å². The van der Waals surface area contributed by atoms with Crippen LogP contribution in [0.4, 0.5) is 0 Å². The molecule has 1 aromatic heterocycles. The minimum absolute atomic E-state index is 0.102. The zero-order valence-corrected chi connectivity index (χ0v) is 9.32. The molecule has 1 aliphatic rings. The van der Waals surface area contributed by atoms with Crippen LogP contribution in [0.5, 0.6) is 0 Å². The summed E-state index contributed by atoms with van der Waals surface area (Å²) in [4.78, 5) is 17.8. The molecule has 0 aliphatic carbocycles. The van der Waals surface area contributed by atoms with Crippen LogP contribution in [0.25, 0.3) is 0 Å². The van der Waals surface area contributed by atoms with Gasteiger partial charge in [-0.25, -0.2) is 4.98 Å². The standard InChI is InChI=1S/C11H16N2O3/c1-11(5-2-6-16-11)8-7-12-9(13-8)3-4-10(14)15/h7H,2-6H2,1H3,(H,12,13)(H,14,15). The number of nitrogens with one attached hydrogen (secondary N) is 1. The zero-order valence-electron chi connectivity index (χ0n) is 9.32. The number of carboxylic acids is 1. The van der Waals surface area contributed by atoms with Gasteiger partial charge in [-0.05, 0) is 19.8 Å². The molecule has 2 N–H and O–H groups in total. The molecule has 2 rings (SSSR count). The molecule has 1 aliphatic heterocycles. The van der Waals surface area contributed by atoms with Gasteiger partial charge in [0.25, 0.3) is 0 Å². The third-order valence-corrected chi connectivity index (χ3v) is 2.99. The highest BCUT2D eigenvalue weighted by Crippen LogP contribution is 2.34. The lowest BCUT2D eigenvalue weighted by Gasteiger charge is -2.20. The molecule has 1 atom stereocenters. The van der Waals surface area contributed by atoms with Crippen molar-refractivity contribution in [3.63, 3.8) is 0 Å². The first-order chi connectivity index (χ1) is 7.60. The van der Waals surface area contributed by atoms with Gasteiger partial charge in [0.05, 0.1) is 18.3 Å². The minimum Gasteiger partial charge on any atom is -0.481 e. The number of imidazole rings is 1. The molecule has 0 aromatic carbocycles. The first kappa shape index (κ1) is 11.1. The van der Waals surface area contributed by atoms with Crippen molar-refractivity contribution in [2.75, 3.05) is 6.61 Å². The summed E-state index contributed by atoms with van der Waals surface area (Å²) in [6.07, 6.45) is 4.33. The van der Waals surface area contributed by atoms with Crippen molar-refractivity contribution >= 4 is 5.97 Å². The van der Waals surface area contributed by atoms with Crippen molar-refractivity contribution in [3.05, 3.63) is 17.7 Å². The van der Waals surface area contributed by atoms with Crippen LogP contribution in [-0.4, -0.2) is 27.7 Å². The van der Waals surface area contributed by atoms with E-state index in [-0.39, 0.29) is 12.0 Å². The summed E-state index contributed by atoms with van der Waals surface area (Å²) in [7, 11) is 0. The fraction of sp³-hybridized carbons (Fsp3) is 0.636. The van der Waals surface area contributed by atoms with E-state index in [1.54, 1.807) is 6.20 Å². The van der Waals surface area contributed by atoms with Gasteiger partial charge in [-0.2, -0.15) is 0 Å². The van der Waals surface area contributed by atoms with Crippen molar-refractivity contribution in [1.29, 1.82) is 0 Å². The van der Waals surface area contributed by atoms with E-state index in [0.717, 1.165) is 25.1 Å². The van der Waals surface area contributed by atoms with Gasteiger partial charge >= 0.3 is 5.97 Å². The second kappa shape index (κ2) is 4.25. The summed E-state index contributed by atoms with van der Waals surface area (Å²) in [6.45, 7) is 2.81. The van der Waals surface area contributed by atoms with E-state index in [2.05, 4.69) is 9.97 Å². The van der Waals surface area contributed by atoms with Gasteiger partial charge in [0.1, 0.15) is 11.4 Å². The topological polar surface area (TPSA) is 75.2 Å². The smallest absolute Gasteiger partial charge is 0.303 e. The van der Waals surface area contributed by atoms with Gasteiger partial charge in [0.2, 0.25) is 0 Å². The Morgan fingerprint density at radius 1 is 1.75 bits per heavy atom. The molecule has 2 heterocycles. The molecule has 5 nitrogen and oxygen atoms in total. The number of rotatable bonds is 4. The Kier molecular flexibility index (Phi) is 2.96. The normalized spacial score (nSPS) is 24.8. The molecular formula is C11H16N2O3. The molecule has 1 saturated heterocycles. The fourth-order valence-electron chi connectivity index (χ4n) is 1.98. The number of aryl methyl sites for hydroxylation is 1. The van der Waals surface area contributed by atoms with Gasteiger partial charge in [0, 0.05) is 13.0 Å². The molecule has 16 heavy (non-hydrogen) atoms. The molecular weight excluding hydrogens is 208 g/mol. The van der Waals surface area contributed by atoms with Crippen molar-refractivity contribution < 1.29 is 14.6 Å². The number of aliphatic carboxylic acids is 1. The summed E-state index contributed by atoms with van der Waals surface area (Å²) in [6, 6.07) is 0. The highest BCUT2D eigenvalue weighted by Gasteiger charge is 2.33. The van der Waals surface area contributed by atoms with Gasteiger partial charge in [-0.3, -0.25) is 4.79 Å². The SMILES string of the molecule is CC1(c2cnc(CCC(=O)O)[nH]2)CCCO1. The molecule has 0 bridgehead atoms. The third kappa shape index (κ3) is 2.24. The Hall–Kier alpha value is -1.36. The van der Waals surface area contributed by atoms with Crippen LogP contribution < -0.4 is 0 Å². The van der Waals surface area contributed by atoms with Crippen LogP contribution in [0.3, 0.4) is 0 Å². The van der Waals surface area contributed by atoms with E-state index in [1.807, 2.05) is 6.92 Å². The molecule has 0 saturated carbocycles. The molecule has 88 valence electrons. The van der Waals surface area contributed by atoms with Gasteiger partial charge in [0.15, 0.2) is 0 Å². The predicted molar refractivity (Wildman–Crippen MR) is 57.1 cm³/mol. The van der Waals surface area contributed by atoms with E-state index >= 15 is 0 Å². The number of aromatic nitrogens is 2. The summed E-state index contributed by atoms with van der Waals surface area (Å²) >= 11 is 0. The molecule has 1 unspecified atom stereocenters. The van der Waals surface area contributed by atoms with E-state index in [4.69, 9.17) is 9.84 Å². The molecule has 5 heteroatoms. The maximum Gasteiger partial charge on any atom is 0.303 e. The lowest BCUT2D eigenvalue weighted by Crippen LogP contribution is -2.20. The number of carboxylic acid groups (broad SMARTS) is 1. The van der Waals surface area contributed by atoms with Gasteiger partial charge < -0.3 is 14.8 Å². The fourth-order valence-corrected chi connectivity index (χ4v) is 1.98. The number of aromatic amines is 1. The van der Waals surface area contributed by atoms with Crippen LogP contribution >= 0.6 is 0 Å². The quantitative estimate of drug-likeness (QED) is 0.811. The van der Waals surface area contributed by atoms with Crippen molar-refractivity contribution in [3.8, 4) is 0 Å². The van der Waals surface area contributed by atoms with Crippen LogP contribution in [0, 0.1) is 0 Å². The van der Waals surface area contributed by atoms with E-state index < -0.39 is 5.97 Å². The molecule has 1 aromatic rings. The number of carbonyl (C=O) groups is 1. The summed E-state index contributed by atoms with van der Waals surface area (Å²) in [5, 5.41) is 8.58. The number of hydrogen-bond acceptors (Lipinski definition) is 3. The number of hydrogen-bond donors (Lipinski definition) is 2. The van der Waals surface area contributed by atoms with Crippen LogP contribution in [-0.2, 0) is 21.6 Å². The van der Waals surface area contributed by atoms with Gasteiger partial charge in [-0.15, -0.1) is 0 Å². The number of nitrogens with zero attached hydrogens (tertiary/aromatic N) is 1. The lowest BCUT2D eigenvalue weighted by molar-refractivity contribution is -0.137. The van der Waals surface area contributed by atoms with E-state index in [0.29, 0.717) is 12.2 Å². The third-order valence-electron chi connectivity index (χ3n) is 2.99. The minimum atomic E-state index is -0.804. The van der Waals surface area contributed by atoms with Crippen molar-refractivity contribution in [2.45, 2.75) is 38.2 Å². The lowest BCUT2D eigenvalue weighted by atomic mass is 10.00. The highest BCUT2D eigenvalue weighted by atomic mass is 16.5. The Morgan fingerprint density at radius 3 is 3.19 bits per heavy atom. The Balaban J connectivity index is 2.04. The first-order valence-corrected chi connectivity index (χ1v) is 5.50. The average Bonchev–Trinajstić information content (AvgIpc) is 2.84. The summed E-state index contributed by atoms with van der Waals surface area (Å²) in [5.41, 5.74) is 0.680. The summed E-state index contributed by atoms with van der Waals surface area (Å²) in [5.74, 6) is -0.0876. The zero-order chi connectivity index (χ0) is 11.6. The average molecular weight is 224 g/mol. The maximum atomic E-state index is 10.4. The summed E-state index contributed by atoms with van der Waals surface area (Å²) < 4.78 is 5.68. The van der Waals surface area contributed by atoms with Crippen LogP contribution in [0.15, 0.2) is 6.20 Å². The molecule has 0 radical (unpaired) electrons.